The molecule has 0 radical (unpaired) electrons. The second kappa shape index (κ2) is 10.5. The van der Waals surface area contributed by atoms with Gasteiger partial charge in [-0.05, 0) is 59.9 Å². The highest BCUT2D eigenvalue weighted by atomic mass is 16.5. The van der Waals surface area contributed by atoms with E-state index in [1.807, 2.05) is 0 Å². The molecule has 0 spiro atoms. The molecule has 27 heavy (non-hydrogen) atoms. The van der Waals surface area contributed by atoms with Gasteiger partial charge in [-0.1, -0.05) is 88.8 Å². The highest BCUT2D eigenvalue weighted by Crippen LogP contribution is 2.36. The maximum Gasteiger partial charge on any atom is 0.119 e. The molecule has 146 valence electrons. The summed E-state index contributed by atoms with van der Waals surface area (Å²) in [6, 6.07) is 17.9. The minimum absolute atomic E-state index is 0.767. The lowest BCUT2D eigenvalue weighted by Crippen LogP contribution is -2.10. The largest absolute Gasteiger partial charge is 0.494 e. The van der Waals surface area contributed by atoms with Crippen LogP contribution < -0.4 is 4.74 Å². The molecular weight excluding hydrogens is 328 g/mol. The summed E-state index contributed by atoms with van der Waals surface area (Å²) in [4.78, 5) is 0. The molecule has 2 aromatic carbocycles. The average Bonchev–Trinajstić information content (AvgIpc) is 2.72. The van der Waals surface area contributed by atoms with Gasteiger partial charge in [0, 0.05) is 0 Å². The normalized spacial score (nSPS) is 19.8. The van der Waals surface area contributed by atoms with Crippen LogP contribution in [0.4, 0.5) is 0 Å². The Balaban J connectivity index is 1.49. The molecule has 0 aromatic heterocycles. The third-order valence-corrected chi connectivity index (χ3v) is 6.10. The van der Waals surface area contributed by atoms with Gasteiger partial charge in [0.05, 0.1) is 6.61 Å². The molecular formula is C26H36O. The number of hydrogen-bond donors (Lipinski definition) is 0. The zero-order valence-electron chi connectivity index (χ0n) is 17.3. The zero-order chi connectivity index (χ0) is 18.9. The summed E-state index contributed by atoms with van der Waals surface area (Å²) in [5, 5.41) is 0. The molecule has 1 aliphatic rings. The Labute approximate surface area is 166 Å². The Morgan fingerprint density at radius 2 is 1.33 bits per heavy atom. The van der Waals surface area contributed by atoms with Gasteiger partial charge in [-0.15, -0.1) is 0 Å². The Morgan fingerprint density at radius 1 is 0.741 bits per heavy atom. The van der Waals surface area contributed by atoms with Crippen molar-refractivity contribution in [1.29, 1.82) is 0 Å². The molecule has 0 amide bonds. The molecule has 1 saturated carbocycles. The van der Waals surface area contributed by atoms with Crippen LogP contribution in [0, 0.1) is 5.92 Å². The van der Waals surface area contributed by atoms with Crippen LogP contribution in [-0.4, -0.2) is 6.61 Å². The monoisotopic (exact) mass is 364 g/mol. The summed E-state index contributed by atoms with van der Waals surface area (Å²) in [6.45, 7) is 5.47. The van der Waals surface area contributed by atoms with Crippen molar-refractivity contribution >= 4 is 0 Å². The topological polar surface area (TPSA) is 9.23 Å². The second-order valence-corrected chi connectivity index (χ2v) is 8.37. The van der Waals surface area contributed by atoms with Gasteiger partial charge >= 0.3 is 0 Å². The summed E-state index contributed by atoms with van der Waals surface area (Å²) >= 11 is 0. The number of hydrogen-bond acceptors (Lipinski definition) is 1. The van der Waals surface area contributed by atoms with E-state index in [0.717, 1.165) is 30.6 Å². The van der Waals surface area contributed by atoms with E-state index in [2.05, 4.69) is 62.4 Å². The summed E-state index contributed by atoms with van der Waals surface area (Å²) in [6.07, 6.45) is 11.9. The number of rotatable bonds is 9. The first kappa shape index (κ1) is 20.0. The third-order valence-electron chi connectivity index (χ3n) is 6.10. The van der Waals surface area contributed by atoms with Crippen molar-refractivity contribution in [3.8, 4) is 16.9 Å². The summed E-state index contributed by atoms with van der Waals surface area (Å²) < 4.78 is 5.88. The Bertz CT molecular complexity index is 648. The van der Waals surface area contributed by atoms with E-state index in [1.165, 1.54) is 68.1 Å². The minimum Gasteiger partial charge on any atom is -0.494 e. The predicted molar refractivity (Wildman–Crippen MR) is 117 cm³/mol. The fourth-order valence-electron chi connectivity index (χ4n) is 4.18. The SMILES string of the molecule is CCCCCCCOc1ccc(-c2ccc(C3CCC(C)CC3)cc2)cc1. The molecule has 0 bridgehead atoms. The van der Waals surface area contributed by atoms with Crippen molar-refractivity contribution in [1.82, 2.24) is 0 Å². The Hall–Kier alpha value is -1.76. The third kappa shape index (κ3) is 6.13. The van der Waals surface area contributed by atoms with Gasteiger partial charge in [0.2, 0.25) is 0 Å². The van der Waals surface area contributed by atoms with Crippen LogP contribution in [0.2, 0.25) is 0 Å². The van der Waals surface area contributed by atoms with Gasteiger partial charge in [-0.2, -0.15) is 0 Å². The van der Waals surface area contributed by atoms with E-state index in [0.29, 0.717) is 0 Å². The van der Waals surface area contributed by atoms with Crippen LogP contribution in [0.15, 0.2) is 48.5 Å². The molecule has 1 aliphatic carbocycles. The predicted octanol–water partition coefficient (Wildman–Crippen LogP) is 8.00. The maximum atomic E-state index is 5.88. The number of ether oxygens (including phenoxy) is 1. The second-order valence-electron chi connectivity index (χ2n) is 8.37. The van der Waals surface area contributed by atoms with Crippen LogP contribution in [0.1, 0.15) is 83.1 Å². The standard InChI is InChI=1S/C26H36O/c1-3-4-5-6-7-20-27-26-18-16-25(17-19-26)24-14-12-23(13-15-24)22-10-8-21(2)9-11-22/h12-19,21-22H,3-11,20H2,1-2H3. The number of unbranched alkanes of at least 4 members (excludes halogenated alkanes) is 4. The molecule has 1 fully saturated rings. The fraction of sp³-hybridized carbons (Fsp3) is 0.538. The van der Waals surface area contributed by atoms with Gasteiger partial charge < -0.3 is 4.74 Å². The van der Waals surface area contributed by atoms with Gasteiger partial charge in [-0.3, -0.25) is 0 Å². The van der Waals surface area contributed by atoms with Crippen LogP contribution in [-0.2, 0) is 0 Å². The molecule has 3 rings (SSSR count). The van der Waals surface area contributed by atoms with Crippen molar-refractivity contribution < 1.29 is 4.74 Å². The van der Waals surface area contributed by atoms with Gasteiger partial charge in [-0.25, -0.2) is 0 Å². The lowest BCUT2D eigenvalue weighted by molar-refractivity contribution is 0.304. The smallest absolute Gasteiger partial charge is 0.119 e. The highest BCUT2D eigenvalue weighted by molar-refractivity contribution is 5.64. The molecule has 0 unspecified atom stereocenters. The first-order valence-corrected chi connectivity index (χ1v) is 11.1. The lowest BCUT2D eigenvalue weighted by Gasteiger charge is -2.26. The van der Waals surface area contributed by atoms with Crippen molar-refractivity contribution in [2.45, 2.75) is 77.6 Å². The van der Waals surface area contributed by atoms with Crippen LogP contribution in [0.25, 0.3) is 11.1 Å². The van der Waals surface area contributed by atoms with Crippen LogP contribution in [0.5, 0.6) is 5.75 Å². The molecule has 0 heterocycles. The highest BCUT2D eigenvalue weighted by Gasteiger charge is 2.19. The maximum absolute atomic E-state index is 5.88. The average molecular weight is 365 g/mol. The Morgan fingerprint density at radius 3 is 1.96 bits per heavy atom. The first-order chi connectivity index (χ1) is 13.3. The van der Waals surface area contributed by atoms with Crippen molar-refractivity contribution in [3.05, 3.63) is 54.1 Å². The molecule has 0 aliphatic heterocycles. The summed E-state index contributed by atoms with van der Waals surface area (Å²) in [5.74, 6) is 2.67. The molecule has 0 N–H and O–H groups in total. The zero-order valence-corrected chi connectivity index (χ0v) is 17.3. The van der Waals surface area contributed by atoms with E-state index in [1.54, 1.807) is 0 Å². The van der Waals surface area contributed by atoms with Crippen molar-refractivity contribution in [2.75, 3.05) is 6.61 Å². The molecule has 1 heteroatoms. The summed E-state index contributed by atoms with van der Waals surface area (Å²) in [7, 11) is 0. The molecule has 1 nitrogen and oxygen atoms in total. The van der Waals surface area contributed by atoms with Crippen molar-refractivity contribution in [2.24, 2.45) is 5.92 Å². The van der Waals surface area contributed by atoms with Gasteiger partial charge in [0.25, 0.3) is 0 Å². The Kier molecular flexibility index (Phi) is 7.80. The molecule has 2 aromatic rings. The summed E-state index contributed by atoms with van der Waals surface area (Å²) in [5.41, 5.74) is 4.09. The molecule has 0 saturated heterocycles. The van der Waals surface area contributed by atoms with E-state index in [4.69, 9.17) is 4.74 Å². The van der Waals surface area contributed by atoms with Gasteiger partial charge in [0.15, 0.2) is 0 Å². The minimum atomic E-state index is 0.767. The van der Waals surface area contributed by atoms with E-state index < -0.39 is 0 Å². The van der Waals surface area contributed by atoms with E-state index in [-0.39, 0.29) is 0 Å². The van der Waals surface area contributed by atoms with Crippen molar-refractivity contribution in [3.63, 3.8) is 0 Å². The van der Waals surface area contributed by atoms with Gasteiger partial charge in [0.1, 0.15) is 5.75 Å². The fourth-order valence-corrected chi connectivity index (χ4v) is 4.18. The van der Waals surface area contributed by atoms with Crippen LogP contribution >= 0.6 is 0 Å². The van der Waals surface area contributed by atoms with E-state index in [9.17, 15) is 0 Å². The number of benzene rings is 2. The van der Waals surface area contributed by atoms with E-state index >= 15 is 0 Å². The molecule has 0 atom stereocenters. The lowest BCUT2D eigenvalue weighted by atomic mass is 9.79. The van der Waals surface area contributed by atoms with Crippen LogP contribution in [0.3, 0.4) is 0 Å². The first-order valence-electron chi connectivity index (χ1n) is 11.1. The quantitative estimate of drug-likeness (QED) is 0.410.